The number of rotatable bonds is 4. The Morgan fingerprint density at radius 3 is 2.42 bits per heavy atom. The van der Waals surface area contributed by atoms with E-state index in [2.05, 4.69) is 24.4 Å². The molecule has 0 bridgehead atoms. The topological polar surface area (TPSA) is 59.9 Å². The van der Waals surface area contributed by atoms with Gasteiger partial charge in [-0.3, -0.25) is 4.79 Å². The lowest BCUT2D eigenvalue weighted by atomic mass is 10.0. The van der Waals surface area contributed by atoms with Gasteiger partial charge in [0.05, 0.1) is 5.71 Å². The number of hydrogen-bond donors (Lipinski definition) is 1. The molecule has 1 N–H and O–H groups in total. The lowest BCUT2D eigenvalue weighted by Gasteiger charge is -2.07. The van der Waals surface area contributed by atoms with Crippen LogP contribution >= 0.6 is 0 Å². The smallest absolute Gasteiger partial charge is 0.271 e. The third-order valence-corrected chi connectivity index (χ3v) is 3.96. The summed E-state index contributed by atoms with van der Waals surface area (Å²) < 4.78 is 10.6. The van der Waals surface area contributed by atoms with Crippen LogP contribution in [0.1, 0.15) is 48.2 Å². The minimum atomic E-state index is -0.231. The molecule has 3 rings (SSSR count). The molecular formula is C19H20N2O3. The van der Waals surface area contributed by atoms with Crippen molar-refractivity contribution in [1.82, 2.24) is 5.43 Å². The van der Waals surface area contributed by atoms with Crippen molar-refractivity contribution in [2.45, 2.75) is 26.7 Å². The van der Waals surface area contributed by atoms with E-state index in [4.69, 9.17) is 9.47 Å². The minimum Gasteiger partial charge on any atom is -0.454 e. The quantitative estimate of drug-likeness (QED) is 0.689. The highest BCUT2D eigenvalue weighted by molar-refractivity contribution is 6.01. The molecule has 5 heteroatoms. The Labute approximate surface area is 141 Å². The fourth-order valence-corrected chi connectivity index (χ4v) is 2.40. The van der Waals surface area contributed by atoms with E-state index in [-0.39, 0.29) is 12.7 Å². The van der Waals surface area contributed by atoms with Crippen molar-refractivity contribution >= 4 is 11.6 Å². The van der Waals surface area contributed by atoms with Crippen LogP contribution in [0.2, 0.25) is 0 Å². The average molecular weight is 324 g/mol. The summed E-state index contributed by atoms with van der Waals surface area (Å²) in [6, 6.07) is 13.1. The number of hydrogen-bond acceptors (Lipinski definition) is 4. The normalized spacial score (nSPS) is 13.2. The van der Waals surface area contributed by atoms with Gasteiger partial charge in [0, 0.05) is 11.1 Å². The summed E-state index contributed by atoms with van der Waals surface area (Å²) in [6.07, 6.45) is 0. The summed E-state index contributed by atoms with van der Waals surface area (Å²) in [7, 11) is 0. The van der Waals surface area contributed by atoms with Crippen LogP contribution in [0.4, 0.5) is 0 Å². The molecule has 0 atom stereocenters. The maximum Gasteiger partial charge on any atom is 0.271 e. The maximum absolute atomic E-state index is 12.2. The Hall–Kier alpha value is -2.82. The zero-order valence-corrected chi connectivity index (χ0v) is 14.0. The minimum absolute atomic E-state index is 0.231. The molecule has 1 heterocycles. The van der Waals surface area contributed by atoms with E-state index < -0.39 is 0 Å². The SMILES string of the molecule is C/C(=N\NC(=O)c1ccc(C(C)C)cc1)c1ccc2c(c1)OCO2. The standard InChI is InChI=1S/C19H20N2O3/c1-12(2)14-4-6-15(7-5-14)19(22)21-20-13(3)16-8-9-17-18(10-16)24-11-23-17/h4-10,12H,11H2,1-3H3,(H,21,22)/b20-13+. The van der Waals surface area contributed by atoms with E-state index in [1.54, 1.807) is 0 Å². The van der Waals surface area contributed by atoms with Gasteiger partial charge in [0.25, 0.3) is 5.91 Å². The van der Waals surface area contributed by atoms with Crippen LogP contribution in [-0.2, 0) is 0 Å². The summed E-state index contributed by atoms with van der Waals surface area (Å²) in [5, 5.41) is 4.17. The van der Waals surface area contributed by atoms with Gasteiger partial charge in [-0.2, -0.15) is 5.10 Å². The molecule has 1 aliphatic rings. The summed E-state index contributed by atoms with van der Waals surface area (Å²) in [5.74, 6) is 1.62. The second-order valence-corrected chi connectivity index (χ2v) is 5.98. The van der Waals surface area contributed by atoms with E-state index in [0.29, 0.717) is 22.9 Å². The van der Waals surface area contributed by atoms with Gasteiger partial charge in [-0.15, -0.1) is 0 Å². The van der Waals surface area contributed by atoms with Crippen LogP contribution in [0, 0.1) is 0 Å². The molecule has 1 amide bonds. The van der Waals surface area contributed by atoms with Gasteiger partial charge in [0.15, 0.2) is 11.5 Å². The van der Waals surface area contributed by atoms with Gasteiger partial charge >= 0.3 is 0 Å². The number of nitrogens with zero attached hydrogens (tertiary/aromatic N) is 1. The van der Waals surface area contributed by atoms with Gasteiger partial charge in [-0.1, -0.05) is 26.0 Å². The van der Waals surface area contributed by atoms with E-state index in [1.165, 1.54) is 5.56 Å². The van der Waals surface area contributed by atoms with Gasteiger partial charge in [0.1, 0.15) is 0 Å². The van der Waals surface area contributed by atoms with Crippen LogP contribution in [0.5, 0.6) is 11.5 Å². The number of fused-ring (bicyclic) bond motifs is 1. The van der Waals surface area contributed by atoms with Crippen LogP contribution < -0.4 is 14.9 Å². The Kier molecular flexibility index (Phi) is 4.51. The number of carbonyl (C=O) groups is 1. The summed E-state index contributed by atoms with van der Waals surface area (Å²) >= 11 is 0. The summed E-state index contributed by atoms with van der Waals surface area (Å²) in [6.45, 7) is 6.31. The van der Waals surface area contributed by atoms with Crippen molar-refractivity contribution in [2.75, 3.05) is 6.79 Å². The molecule has 0 saturated heterocycles. The van der Waals surface area contributed by atoms with E-state index in [1.807, 2.05) is 49.4 Å². The maximum atomic E-state index is 12.2. The molecule has 24 heavy (non-hydrogen) atoms. The molecule has 0 aliphatic carbocycles. The Morgan fingerprint density at radius 1 is 1.04 bits per heavy atom. The Balaban J connectivity index is 1.69. The monoisotopic (exact) mass is 324 g/mol. The van der Waals surface area contributed by atoms with Gasteiger partial charge in [0.2, 0.25) is 6.79 Å². The van der Waals surface area contributed by atoms with E-state index in [0.717, 1.165) is 11.3 Å². The highest BCUT2D eigenvalue weighted by atomic mass is 16.7. The van der Waals surface area contributed by atoms with Crippen LogP contribution in [0.25, 0.3) is 0 Å². The van der Waals surface area contributed by atoms with Gasteiger partial charge in [-0.05, 0) is 48.7 Å². The fourth-order valence-electron chi connectivity index (χ4n) is 2.40. The molecule has 1 aliphatic heterocycles. The molecule has 0 aromatic heterocycles. The Bertz CT molecular complexity index is 780. The van der Waals surface area contributed by atoms with Crippen molar-refractivity contribution in [2.24, 2.45) is 5.10 Å². The molecule has 0 fully saturated rings. The number of benzene rings is 2. The molecule has 5 nitrogen and oxygen atoms in total. The van der Waals surface area contributed by atoms with Gasteiger partial charge < -0.3 is 9.47 Å². The summed E-state index contributed by atoms with van der Waals surface area (Å²) in [4.78, 5) is 12.2. The first-order chi connectivity index (χ1) is 11.5. The second kappa shape index (κ2) is 6.74. The lowest BCUT2D eigenvalue weighted by Crippen LogP contribution is -2.19. The highest BCUT2D eigenvalue weighted by Crippen LogP contribution is 2.32. The number of amides is 1. The third kappa shape index (κ3) is 3.40. The van der Waals surface area contributed by atoms with Crippen LogP contribution in [-0.4, -0.2) is 18.4 Å². The summed E-state index contributed by atoms with van der Waals surface area (Å²) in [5.41, 5.74) is 5.94. The van der Waals surface area contributed by atoms with Crippen molar-refractivity contribution in [3.8, 4) is 11.5 Å². The zero-order valence-electron chi connectivity index (χ0n) is 14.0. The first-order valence-corrected chi connectivity index (χ1v) is 7.89. The fraction of sp³-hybridized carbons (Fsp3) is 0.263. The van der Waals surface area contributed by atoms with E-state index in [9.17, 15) is 4.79 Å². The molecule has 2 aromatic carbocycles. The average Bonchev–Trinajstić information content (AvgIpc) is 3.07. The lowest BCUT2D eigenvalue weighted by molar-refractivity contribution is 0.0955. The number of ether oxygens (including phenoxy) is 2. The predicted octanol–water partition coefficient (Wildman–Crippen LogP) is 3.69. The van der Waals surface area contributed by atoms with Crippen molar-refractivity contribution in [3.05, 3.63) is 59.2 Å². The second-order valence-electron chi connectivity index (χ2n) is 5.98. The number of hydrazone groups is 1. The molecular weight excluding hydrogens is 304 g/mol. The van der Waals surface area contributed by atoms with Crippen molar-refractivity contribution in [1.29, 1.82) is 0 Å². The Morgan fingerprint density at radius 2 is 1.71 bits per heavy atom. The molecule has 124 valence electrons. The molecule has 0 radical (unpaired) electrons. The molecule has 0 saturated carbocycles. The first-order valence-electron chi connectivity index (χ1n) is 7.89. The number of carbonyl (C=O) groups excluding carboxylic acids is 1. The molecule has 0 spiro atoms. The van der Waals surface area contributed by atoms with Gasteiger partial charge in [-0.25, -0.2) is 5.43 Å². The van der Waals surface area contributed by atoms with Crippen LogP contribution in [0.15, 0.2) is 47.6 Å². The van der Waals surface area contributed by atoms with Crippen molar-refractivity contribution in [3.63, 3.8) is 0 Å². The van der Waals surface area contributed by atoms with E-state index >= 15 is 0 Å². The van der Waals surface area contributed by atoms with Crippen LogP contribution in [0.3, 0.4) is 0 Å². The zero-order chi connectivity index (χ0) is 17.1. The number of nitrogens with one attached hydrogen (secondary N) is 1. The highest BCUT2D eigenvalue weighted by Gasteiger charge is 2.14. The predicted molar refractivity (Wildman–Crippen MR) is 92.8 cm³/mol. The molecule has 0 unspecified atom stereocenters. The largest absolute Gasteiger partial charge is 0.454 e. The first kappa shape index (κ1) is 16.1. The van der Waals surface area contributed by atoms with Crippen molar-refractivity contribution < 1.29 is 14.3 Å². The third-order valence-electron chi connectivity index (χ3n) is 3.96. The molecule has 2 aromatic rings.